The van der Waals surface area contributed by atoms with Crippen molar-refractivity contribution in [3.05, 3.63) is 17.6 Å². The summed E-state index contributed by atoms with van der Waals surface area (Å²) in [6.07, 6.45) is 4.35. The van der Waals surface area contributed by atoms with Gasteiger partial charge < -0.3 is 29.5 Å². The van der Waals surface area contributed by atoms with E-state index in [1.165, 1.54) is 0 Å². The molecule has 3 heterocycles. The molecule has 3 amide bonds. The van der Waals surface area contributed by atoms with Crippen molar-refractivity contribution in [3.63, 3.8) is 0 Å². The third-order valence-corrected chi connectivity index (χ3v) is 7.62. The number of carbonyl (C=O) groups is 3. The van der Waals surface area contributed by atoms with E-state index in [0.717, 1.165) is 32.4 Å². The fourth-order valence-corrected chi connectivity index (χ4v) is 5.55. The number of hydrogen-bond donors (Lipinski definition) is 1. The minimum Gasteiger partial charge on any atom is -0.444 e. The highest BCUT2D eigenvalue weighted by atomic mass is 16.6. The number of hydrogen-bond acceptors (Lipinski definition) is 8. The summed E-state index contributed by atoms with van der Waals surface area (Å²) in [7, 11) is 1.66. The maximum Gasteiger partial charge on any atom is 0.410 e. The fraction of sp³-hybridized carbons (Fsp3) is 0.781. The van der Waals surface area contributed by atoms with Gasteiger partial charge in [-0.15, -0.1) is 0 Å². The lowest BCUT2D eigenvalue weighted by atomic mass is 9.91. The molecular weight excluding hydrogens is 548 g/mol. The average Bonchev–Trinajstić information content (AvgIpc) is 3.46. The fourth-order valence-electron chi connectivity index (χ4n) is 5.55. The number of rotatable bonds is 10. The quantitative estimate of drug-likeness (QED) is 0.387. The zero-order valence-electron chi connectivity index (χ0n) is 27.9. The van der Waals surface area contributed by atoms with Crippen molar-refractivity contribution in [1.29, 1.82) is 0 Å². The van der Waals surface area contributed by atoms with Crippen molar-refractivity contribution >= 4 is 23.7 Å². The summed E-state index contributed by atoms with van der Waals surface area (Å²) in [6.45, 7) is 19.4. The van der Waals surface area contributed by atoms with E-state index in [-0.39, 0.29) is 42.3 Å². The van der Waals surface area contributed by atoms with Crippen LogP contribution in [0.5, 0.6) is 0 Å². The Morgan fingerprint density at radius 1 is 1.07 bits per heavy atom. The Morgan fingerprint density at radius 2 is 1.74 bits per heavy atom. The predicted molar refractivity (Wildman–Crippen MR) is 167 cm³/mol. The summed E-state index contributed by atoms with van der Waals surface area (Å²) >= 11 is 0. The van der Waals surface area contributed by atoms with E-state index < -0.39 is 17.6 Å². The van der Waals surface area contributed by atoms with Crippen LogP contribution in [0.2, 0.25) is 0 Å². The SMILES string of the molecule is COCCCNc1nc(C(C)(C)C)ncc1C(=O)N(CC(C)C)[C@H]1C[C@@H](C(=O)N2CCCC2)CN(C(=O)OC(C)(C)C)C1. The second kappa shape index (κ2) is 14.7. The molecule has 2 atom stereocenters. The molecule has 2 aliphatic rings. The van der Waals surface area contributed by atoms with Gasteiger partial charge in [0.15, 0.2) is 0 Å². The standard InChI is InChI=1S/C32H54N6O5/c1-22(2)19-38(28(40)25-18-34-29(31(3,4)5)35-26(25)33-13-12-16-42-9)24-17-23(27(39)36-14-10-11-15-36)20-37(21-24)30(41)43-32(6,7)8/h18,22-24H,10-17,19-21H2,1-9H3,(H,33,34,35)/t23-,24+/m1/s1. The van der Waals surface area contributed by atoms with Gasteiger partial charge in [0, 0.05) is 64.6 Å². The Labute approximate surface area is 258 Å². The van der Waals surface area contributed by atoms with E-state index in [0.29, 0.717) is 43.3 Å². The number of amides is 3. The maximum absolute atomic E-state index is 14.4. The van der Waals surface area contributed by atoms with E-state index in [4.69, 9.17) is 14.5 Å². The van der Waals surface area contributed by atoms with Crippen LogP contribution in [0.25, 0.3) is 0 Å². The minimum atomic E-state index is -0.679. The number of nitrogens with zero attached hydrogens (tertiary/aromatic N) is 5. The lowest BCUT2D eigenvalue weighted by molar-refractivity contribution is -0.137. The monoisotopic (exact) mass is 602 g/mol. The number of nitrogens with one attached hydrogen (secondary N) is 1. The van der Waals surface area contributed by atoms with Gasteiger partial charge in [-0.25, -0.2) is 14.8 Å². The van der Waals surface area contributed by atoms with Gasteiger partial charge in [-0.3, -0.25) is 9.59 Å². The molecular formula is C32H54N6O5. The molecule has 0 spiro atoms. The molecule has 242 valence electrons. The van der Waals surface area contributed by atoms with Crippen LogP contribution >= 0.6 is 0 Å². The van der Waals surface area contributed by atoms with Crippen LogP contribution in [0.3, 0.4) is 0 Å². The summed E-state index contributed by atoms with van der Waals surface area (Å²) in [5.74, 6) is 0.690. The van der Waals surface area contributed by atoms with Crippen LogP contribution in [-0.2, 0) is 19.7 Å². The number of aromatic nitrogens is 2. The van der Waals surface area contributed by atoms with Gasteiger partial charge in [0.25, 0.3) is 5.91 Å². The third-order valence-electron chi connectivity index (χ3n) is 7.62. The number of methoxy groups -OCH3 is 1. The highest BCUT2D eigenvalue weighted by Crippen LogP contribution is 2.29. The lowest BCUT2D eigenvalue weighted by Gasteiger charge is -2.43. The zero-order chi connectivity index (χ0) is 31.9. The van der Waals surface area contributed by atoms with Crippen molar-refractivity contribution in [1.82, 2.24) is 24.7 Å². The first kappa shape index (κ1) is 34.5. The van der Waals surface area contributed by atoms with E-state index in [1.807, 2.05) is 51.3 Å². The molecule has 0 unspecified atom stereocenters. The Balaban J connectivity index is 1.99. The molecule has 3 rings (SSSR count). The molecule has 1 aromatic heterocycles. The number of piperidine rings is 1. The molecule has 2 fully saturated rings. The van der Waals surface area contributed by atoms with Crippen molar-refractivity contribution in [2.24, 2.45) is 11.8 Å². The van der Waals surface area contributed by atoms with Crippen LogP contribution in [0.15, 0.2) is 6.20 Å². The van der Waals surface area contributed by atoms with Gasteiger partial charge >= 0.3 is 6.09 Å². The molecule has 0 aromatic carbocycles. The molecule has 1 aromatic rings. The summed E-state index contributed by atoms with van der Waals surface area (Å²) in [4.78, 5) is 56.1. The first-order chi connectivity index (χ1) is 20.1. The first-order valence-electron chi connectivity index (χ1n) is 15.8. The number of likely N-dealkylation sites (tertiary alicyclic amines) is 2. The Bertz CT molecular complexity index is 1110. The van der Waals surface area contributed by atoms with Crippen LogP contribution in [0.4, 0.5) is 10.6 Å². The molecule has 1 N–H and O–H groups in total. The lowest BCUT2D eigenvalue weighted by Crippen LogP contribution is -2.58. The molecule has 11 heteroatoms. The molecule has 2 saturated heterocycles. The van der Waals surface area contributed by atoms with E-state index in [2.05, 4.69) is 24.1 Å². The van der Waals surface area contributed by atoms with Gasteiger partial charge in [0.1, 0.15) is 22.8 Å². The molecule has 11 nitrogen and oxygen atoms in total. The Morgan fingerprint density at radius 3 is 2.33 bits per heavy atom. The minimum absolute atomic E-state index is 0.0473. The molecule has 2 aliphatic heterocycles. The molecule has 0 radical (unpaired) electrons. The average molecular weight is 603 g/mol. The number of anilines is 1. The van der Waals surface area contributed by atoms with Gasteiger partial charge in [0.05, 0.1) is 12.0 Å². The van der Waals surface area contributed by atoms with Gasteiger partial charge in [-0.2, -0.15) is 0 Å². The van der Waals surface area contributed by atoms with Crippen molar-refractivity contribution < 1.29 is 23.9 Å². The molecule has 0 aliphatic carbocycles. The van der Waals surface area contributed by atoms with Crippen LogP contribution in [0.1, 0.15) is 97.3 Å². The predicted octanol–water partition coefficient (Wildman–Crippen LogP) is 4.57. The summed E-state index contributed by atoms with van der Waals surface area (Å²) in [6, 6.07) is -0.378. The van der Waals surface area contributed by atoms with E-state index in [1.54, 1.807) is 18.2 Å². The largest absolute Gasteiger partial charge is 0.444 e. The van der Waals surface area contributed by atoms with Gasteiger partial charge in [-0.1, -0.05) is 34.6 Å². The Kier molecular flexibility index (Phi) is 11.8. The topological polar surface area (TPSA) is 117 Å². The maximum atomic E-state index is 14.4. The van der Waals surface area contributed by atoms with E-state index >= 15 is 0 Å². The summed E-state index contributed by atoms with van der Waals surface area (Å²) < 4.78 is 10.9. The second-order valence-corrected chi connectivity index (χ2v) is 14.3. The third kappa shape index (κ3) is 9.78. The van der Waals surface area contributed by atoms with Crippen LogP contribution in [-0.4, -0.2) is 107 Å². The smallest absolute Gasteiger partial charge is 0.410 e. The van der Waals surface area contributed by atoms with Crippen molar-refractivity contribution in [3.8, 4) is 0 Å². The van der Waals surface area contributed by atoms with Gasteiger partial charge in [0.2, 0.25) is 5.91 Å². The van der Waals surface area contributed by atoms with Crippen molar-refractivity contribution in [2.75, 3.05) is 58.3 Å². The number of ether oxygens (including phenoxy) is 2. The normalized spacial score (nSPS) is 19.5. The number of carbonyl (C=O) groups excluding carboxylic acids is 3. The second-order valence-electron chi connectivity index (χ2n) is 14.3. The highest BCUT2D eigenvalue weighted by Gasteiger charge is 2.41. The van der Waals surface area contributed by atoms with Gasteiger partial charge in [-0.05, 0) is 52.4 Å². The summed E-state index contributed by atoms with van der Waals surface area (Å²) in [5.41, 5.74) is -0.604. The van der Waals surface area contributed by atoms with Crippen molar-refractivity contribution in [2.45, 2.75) is 98.1 Å². The van der Waals surface area contributed by atoms with E-state index in [9.17, 15) is 14.4 Å². The van der Waals surface area contributed by atoms with Crippen LogP contribution < -0.4 is 5.32 Å². The summed E-state index contributed by atoms with van der Waals surface area (Å²) in [5, 5.41) is 3.35. The molecule has 0 bridgehead atoms. The highest BCUT2D eigenvalue weighted by molar-refractivity contribution is 5.98. The Hall–Kier alpha value is -2.95. The van der Waals surface area contributed by atoms with Crippen LogP contribution in [0, 0.1) is 11.8 Å². The first-order valence-corrected chi connectivity index (χ1v) is 15.8. The zero-order valence-corrected chi connectivity index (χ0v) is 27.9. The molecule has 43 heavy (non-hydrogen) atoms. The molecule has 0 saturated carbocycles.